The van der Waals surface area contributed by atoms with Crippen molar-refractivity contribution in [1.29, 1.82) is 0 Å². The standard InChI is InChI=1S/C28H41NO5S/c1-8-22(24-14-19(3)25(35-24)15-29(20(4)30)16-27(32)33)11-9-21-10-12-23(18(2)13-21)34-17-26(31)28(5,6)7/h10,12-14,22,26,31H,8-9,11,15-17H2,1-7H3,(H,32,33). The smallest absolute Gasteiger partial charge is 0.323 e. The van der Waals surface area contributed by atoms with Gasteiger partial charge in [0.05, 0.1) is 12.6 Å². The number of nitrogens with zero attached hydrogens (tertiary/aromatic N) is 1. The van der Waals surface area contributed by atoms with E-state index in [-0.39, 0.29) is 24.5 Å². The Balaban J connectivity index is 2.03. The number of aliphatic hydroxyl groups is 1. The van der Waals surface area contributed by atoms with E-state index < -0.39 is 12.1 Å². The van der Waals surface area contributed by atoms with Crippen molar-refractivity contribution in [2.45, 2.75) is 86.3 Å². The van der Waals surface area contributed by atoms with Crippen molar-refractivity contribution in [2.24, 2.45) is 5.41 Å². The van der Waals surface area contributed by atoms with E-state index >= 15 is 0 Å². The Labute approximate surface area is 213 Å². The van der Waals surface area contributed by atoms with Crippen LogP contribution in [0.2, 0.25) is 0 Å². The lowest BCUT2D eigenvalue weighted by Crippen LogP contribution is -2.33. The summed E-state index contributed by atoms with van der Waals surface area (Å²) in [6, 6.07) is 8.44. The molecule has 0 fully saturated rings. The zero-order chi connectivity index (χ0) is 26.3. The fraction of sp³-hybridized carbons (Fsp3) is 0.571. The number of carboxylic acid groups (broad SMARTS) is 1. The number of aliphatic hydroxyl groups excluding tert-OH is 1. The number of ether oxygens (including phenoxy) is 1. The van der Waals surface area contributed by atoms with E-state index in [0.29, 0.717) is 12.5 Å². The van der Waals surface area contributed by atoms with E-state index in [2.05, 4.69) is 25.1 Å². The molecular formula is C28H41NO5S. The Kier molecular flexibility index (Phi) is 10.3. The van der Waals surface area contributed by atoms with Crippen LogP contribution in [0.25, 0.3) is 0 Å². The van der Waals surface area contributed by atoms with Gasteiger partial charge in [0.1, 0.15) is 18.9 Å². The maximum Gasteiger partial charge on any atom is 0.323 e. The minimum atomic E-state index is -1.00. The molecule has 6 nitrogen and oxygen atoms in total. The summed E-state index contributed by atoms with van der Waals surface area (Å²) >= 11 is 1.69. The van der Waals surface area contributed by atoms with Gasteiger partial charge in [-0.05, 0) is 73.3 Å². The molecule has 0 saturated carbocycles. The maximum absolute atomic E-state index is 11.9. The maximum atomic E-state index is 11.9. The predicted molar refractivity (Wildman–Crippen MR) is 141 cm³/mol. The van der Waals surface area contributed by atoms with E-state index in [1.54, 1.807) is 11.3 Å². The molecule has 0 aliphatic heterocycles. The number of rotatable bonds is 12. The van der Waals surface area contributed by atoms with Crippen LogP contribution in [0.5, 0.6) is 5.75 Å². The summed E-state index contributed by atoms with van der Waals surface area (Å²) in [5, 5.41) is 19.3. The third kappa shape index (κ3) is 8.65. The normalized spacial score (nSPS) is 13.4. The molecule has 2 unspecified atom stereocenters. The van der Waals surface area contributed by atoms with Crippen LogP contribution >= 0.6 is 11.3 Å². The largest absolute Gasteiger partial charge is 0.491 e. The number of amides is 1. The van der Waals surface area contributed by atoms with Crippen LogP contribution in [0.3, 0.4) is 0 Å². The second-order valence-corrected chi connectivity index (χ2v) is 11.6. The van der Waals surface area contributed by atoms with Crippen LogP contribution in [0.1, 0.15) is 79.8 Å². The molecule has 2 rings (SSSR count). The molecule has 1 aromatic heterocycles. The van der Waals surface area contributed by atoms with Crippen molar-refractivity contribution in [3.63, 3.8) is 0 Å². The van der Waals surface area contributed by atoms with E-state index in [1.807, 2.05) is 40.7 Å². The quantitative estimate of drug-likeness (QED) is 0.387. The Hall–Kier alpha value is -2.38. The highest BCUT2D eigenvalue weighted by molar-refractivity contribution is 7.12. The van der Waals surface area contributed by atoms with Gasteiger partial charge in [-0.2, -0.15) is 0 Å². The van der Waals surface area contributed by atoms with Gasteiger partial charge >= 0.3 is 5.97 Å². The Morgan fingerprint density at radius 3 is 2.37 bits per heavy atom. The third-order valence-corrected chi connectivity index (χ3v) is 7.84. The molecule has 0 bridgehead atoms. The first-order chi connectivity index (χ1) is 16.3. The van der Waals surface area contributed by atoms with Gasteiger partial charge < -0.3 is 19.8 Å². The van der Waals surface area contributed by atoms with E-state index in [1.165, 1.54) is 22.3 Å². The summed E-state index contributed by atoms with van der Waals surface area (Å²) in [4.78, 5) is 26.7. The van der Waals surface area contributed by atoms with Crippen LogP contribution in [0, 0.1) is 19.3 Å². The van der Waals surface area contributed by atoms with Crippen molar-refractivity contribution in [3.05, 3.63) is 50.7 Å². The average molecular weight is 504 g/mol. The SMILES string of the molecule is CCC(CCc1ccc(OCC(O)C(C)(C)C)c(C)c1)c1cc(C)c(CN(CC(=O)O)C(C)=O)s1. The van der Waals surface area contributed by atoms with Crippen molar-refractivity contribution in [3.8, 4) is 5.75 Å². The van der Waals surface area contributed by atoms with Gasteiger partial charge in [-0.3, -0.25) is 9.59 Å². The van der Waals surface area contributed by atoms with Gasteiger partial charge in [-0.15, -0.1) is 11.3 Å². The van der Waals surface area contributed by atoms with Crippen LogP contribution in [-0.4, -0.2) is 46.2 Å². The second-order valence-electron chi connectivity index (χ2n) is 10.5. The minimum absolute atomic E-state index is 0.219. The molecule has 0 saturated heterocycles. The predicted octanol–water partition coefficient (Wildman–Crippen LogP) is 5.71. The van der Waals surface area contributed by atoms with E-state index in [0.717, 1.165) is 41.0 Å². The molecule has 194 valence electrons. The number of carbonyl (C=O) groups is 2. The molecule has 2 aromatic rings. The molecule has 0 aliphatic carbocycles. The molecule has 2 atom stereocenters. The van der Waals surface area contributed by atoms with Crippen molar-refractivity contribution in [2.75, 3.05) is 13.2 Å². The number of carboxylic acids is 1. The first kappa shape index (κ1) is 28.9. The zero-order valence-corrected chi connectivity index (χ0v) is 23.0. The minimum Gasteiger partial charge on any atom is -0.491 e. The molecule has 0 aliphatic rings. The Morgan fingerprint density at radius 1 is 1.14 bits per heavy atom. The van der Waals surface area contributed by atoms with Gasteiger partial charge in [-0.1, -0.05) is 39.8 Å². The van der Waals surface area contributed by atoms with Crippen LogP contribution < -0.4 is 4.74 Å². The molecule has 0 spiro atoms. The highest BCUT2D eigenvalue weighted by Gasteiger charge is 2.23. The lowest BCUT2D eigenvalue weighted by atomic mass is 9.90. The van der Waals surface area contributed by atoms with Crippen molar-refractivity contribution in [1.82, 2.24) is 4.90 Å². The van der Waals surface area contributed by atoms with Crippen LogP contribution in [-0.2, 0) is 22.6 Å². The Morgan fingerprint density at radius 2 is 1.83 bits per heavy atom. The van der Waals surface area contributed by atoms with Crippen molar-refractivity contribution >= 4 is 23.2 Å². The first-order valence-corrected chi connectivity index (χ1v) is 13.1. The summed E-state index contributed by atoms with van der Waals surface area (Å²) in [6.07, 6.45) is 2.42. The fourth-order valence-electron chi connectivity index (χ4n) is 3.86. The molecular weight excluding hydrogens is 462 g/mol. The summed E-state index contributed by atoms with van der Waals surface area (Å²) in [6.45, 7) is 14.0. The first-order valence-electron chi connectivity index (χ1n) is 12.3. The molecule has 1 amide bonds. The molecule has 1 aromatic carbocycles. The second kappa shape index (κ2) is 12.5. The lowest BCUT2D eigenvalue weighted by molar-refractivity contribution is -0.144. The number of aliphatic carboxylic acids is 1. The summed E-state index contributed by atoms with van der Waals surface area (Å²) in [5.41, 5.74) is 3.20. The lowest BCUT2D eigenvalue weighted by Gasteiger charge is -2.26. The molecule has 7 heteroatoms. The molecule has 1 heterocycles. The van der Waals surface area contributed by atoms with Gasteiger partial charge in [0.15, 0.2) is 0 Å². The molecule has 35 heavy (non-hydrogen) atoms. The molecule has 0 radical (unpaired) electrons. The van der Waals surface area contributed by atoms with Gasteiger partial charge in [0, 0.05) is 16.7 Å². The van der Waals surface area contributed by atoms with E-state index in [9.17, 15) is 14.7 Å². The van der Waals surface area contributed by atoms with Gasteiger partial charge in [0.2, 0.25) is 5.91 Å². The van der Waals surface area contributed by atoms with E-state index in [4.69, 9.17) is 9.84 Å². The number of carbonyl (C=O) groups excluding carboxylic acids is 1. The molecule has 2 N–H and O–H groups in total. The van der Waals surface area contributed by atoms with Crippen LogP contribution in [0.4, 0.5) is 0 Å². The van der Waals surface area contributed by atoms with Crippen LogP contribution in [0.15, 0.2) is 24.3 Å². The summed E-state index contributed by atoms with van der Waals surface area (Å²) in [5.74, 6) is -0.0301. The summed E-state index contributed by atoms with van der Waals surface area (Å²) < 4.78 is 5.87. The number of thiophene rings is 1. The van der Waals surface area contributed by atoms with Gasteiger partial charge in [0.25, 0.3) is 0 Å². The fourth-order valence-corrected chi connectivity index (χ4v) is 5.27. The number of aryl methyl sites for hydroxylation is 3. The topological polar surface area (TPSA) is 87.1 Å². The number of hydrogen-bond donors (Lipinski definition) is 2. The van der Waals surface area contributed by atoms with Crippen molar-refractivity contribution < 1.29 is 24.5 Å². The van der Waals surface area contributed by atoms with Gasteiger partial charge in [-0.25, -0.2) is 0 Å². The monoisotopic (exact) mass is 503 g/mol. The summed E-state index contributed by atoms with van der Waals surface area (Å²) in [7, 11) is 0. The highest BCUT2D eigenvalue weighted by Crippen LogP contribution is 2.34. The Bertz CT molecular complexity index is 1010. The number of benzene rings is 1. The zero-order valence-electron chi connectivity index (χ0n) is 22.2. The number of hydrogen-bond acceptors (Lipinski definition) is 5. The third-order valence-electron chi connectivity index (χ3n) is 6.46. The average Bonchev–Trinajstić information content (AvgIpc) is 3.11. The highest BCUT2D eigenvalue weighted by atomic mass is 32.1.